The average Bonchev–Trinajstić information content (AvgIpc) is 2.91. The summed E-state index contributed by atoms with van der Waals surface area (Å²) in [4.78, 5) is 15.8. The van der Waals surface area contributed by atoms with Gasteiger partial charge in [-0.3, -0.25) is 4.79 Å². The van der Waals surface area contributed by atoms with Gasteiger partial charge in [-0.25, -0.2) is 4.98 Å². The van der Waals surface area contributed by atoms with Crippen LogP contribution in [0.25, 0.3) is 22.2 Å². The molecule has 0 saturated heterocycles. The number of oxazole rings is 1. The summed E-state index contributed by atoms with van der Waals surface area (Å²) >= 11 is 0. The lowest BCUT2D eigenvalue weighted by Crippen LogP contribution is -2.15. The Balaban J connectivity index is 2.45. The van der Waals surface area contributed by atoms with E-state index in [1.54, 1.807) is 25.1 Å². The van der Waals surface area contributed by atoms with Gasteiger partial charge < -0.3 is 21.0 Å². The minimum absolute atomic E-state index is 0.128. The van der Waals surface area contributed by atoms with E-state index in [1.807, 2.05) is 6.92 Å². The van der Waals surface area contributed by atoms with Crippen molar-refractivity contribution in [1.29, 1.82) is 0 Å². The summed E-state index contributed by atoms with van der Waals surface area (Å²) in [7, 11) is 0. The summed E-state index contributed by atoms with van der Waals surface area (Å²) in [6.45, 7) is 3.68. The monoisotopic (exact) mass is 297 g/mol. The van der Waals surface area contributed by atoms with Crippen LogP contribution in [0.3, 0.4) is 0 Å². The molecule has 0 fully saturated rings. The van der Waals surface area contributed by atoms with E-state index >= 15 is 0 Å². The standard InChI is InChI=1S/C16H15N3O3/c1-7-3-4-10(20)8(2)12(7)9-5-11-15(19-6-22-11)13(14(9)17)16(18)21/h3-6,20H,17H2,1-2H3,(H2,18,21). The van der Waals surface area contributed by atoms with Gasteiger partial charge >= 0.3 is 0 Å². The Morgan fingerprint density at radius 3 is 2.73 bits per heavy atom. The second-order valence-electron chi connectivity index (χ2n) is 5.18. The number of amides is 1. The number of anilines is 1. The molecule has 2 aromatic carbocycles. The second-order valence-corrected chi connectivity index (χ2v) is 5.18. The molecular formula is C16H15N3O3. The number of hydrogen-bond acceptors (Lipinski definition) is 5. The third-order valence-corrected chi connectivity index (χ3v) is 3.83. The van der Waals surface area contributed by atoms with E-state index in [4.69, 9.17) is 15.9 Å². The smallest absolute Gasteiger partial charge is 0.253 e. The number of benzene rings is 2. The van der Waals surface area contributed by atoms with E-state index < -0.39 is 5.91 Å². The zero-order valence-corrected chi connectivity index (χ0v) is 12.2. The number of rotatable bonds is 2. The van der Waals surface area contributed by atoms with Gasteiger partial charge in [0.1, 0.15) is 11.3 Å². The van der Waals surface area contributed by atoms with Crippen LogP contribution in [0, 0.1) is 13.8 Å². The van der Waals surface area contributed by atoms with Crippen molar-refractivity contribution in [2.24, 2.45) is 5.73 Å². The van der Waals surface area contributed by atoms with Crippen molar-refractivity contribution in [1.82, 2.24) is 4.98 Å². The van der Waals surface area contributed by atoms with Crippen molar-refractivity contribution < 1.29 is 14.3 Å². The molecule has 0 aliphatic rings. The van der Waals surface area contributed by atoms with Crippen LogP contribution in [0.1, 0.15) is 21.5 Å². The highest BCUT2D eigenvalue weighted by atomic mass is 16.3. The molecule has 3 rings (SSSR count). The number of aryl methyl sites for hydroxylation is 1. The van der Waals surface area contributed by atoms with Gasteiger partial charge in [0.2, 0.25) is 0 Å². The molecule has 1 amide bonds. The van der Waals surface area contributed by atoms with Gasteiger partial charge in [0.05, 0.1) is 11.3 Å². The van der Waals surface area contributed by atoms with Gasteiger partial charge in [-0.15, -0.1) is 0 Å². The first-order valence-corrected chi connectivity index (χ1v) is 6.66. The van der Waals surface area contributed by atoms with Crippen molar-refractivity contribution in [3.8, 4) is 16.9 Å². The molecule has 0 unspecified atom stereocenters. The van der Waals surface area contributed by atoms with Crippen molar-refractivity contribution in [3.05, 3.63) is 41.3 Å². The van der Waals surface area contributed by atoms with Crippen molar-refractivity contribution >= 4 is 22.7 Å². The molecule has 0 aliphatic heterocycles. The topological polar surface area (TPSA) is 115 Å². The van der Waals surface area contributed by atoms with Crippen LogP contribution in [0.4, 0.5) is 5.69 Å². The molecule has 6 nitrogen and oxygen atoms in total. The summed E-state index contributed by atoms with van der Waals surface area (Å²) in [5.41, 5.74) is 15.6. The molecule has 0 bridgehead atoms. The van der Waals surface area contributed by atoms with E-state index in [0.717, 1.165) is 11.1 Å². The zero-order chi connectivity index (χ0) is 16.0. The lowest BCUT2D eigenvalue weighted by Gasteiger charge is -2.15. The Morgan fingerprint density at radius 2 is 2.05 bits per heavy atom. The number of nitrogens with zero attached hydrogens (tertiary/aromatic N) is 1. The molecule has 22 heavy (non-hydrogen) atoms. The molecule has 1 aromatic heterocycles. The molecule has 6 heteroatoms. The van der Waals surface area contributed by atoms with Gasteiger partial charge in [-0.05, 0) is 42.7 Å². The van der Waals surface area contributed by atoms with Crippen LogP contribution in [0.2, 0.25) is 0 Å². The number of nitrogen functional groups attached to an aromatic ring is 1. The van der Waals surface area contributed by atoms with Crippen LogP contribution in [0.15, 0.2) is 29.0 Å². The molecule has 0 radical (unpaired) electrons. The number of phenols is 1. The Bertz CT molecular complexity index is 913. The van der Waals surface area contributed by atoms with Crippen molar-refractivity contribution in [3.63, 3.8) is 0 Å². The summed E-state index contributed by atoms with van der Waals surface area (Å²) in [5, 5.41) is 9.96. The maximum absolute atomic E-state index is 11.8. The molecule has 0 spiro atoms. The number of aromatic nitrogens is 1. The summed E-state index contributed by atoms with van der Waals surface area (Å²) < 4.78 is 5.30. The van der Waals surface area contributed by atoms with Crippen LogP contribution < -0.4 is 11.5 Å². The summed E-state index contributed by atoms with van der Waals surface area (Å²) in [5.74, 6) is -0.521. The van der Waals surface area contributed by atoms with Gasteiger partial charge in [-0.1, -0.05) is 6.07 Å². The first kappa shape index (κ1) is 13.9. The number of nitrogens with two attached hydrogens (primary N) is 2. The second kappa shape index (κ2) is 4.77. The number of hydrogen-bond donors (Lipinski definition) is 3. The van der Waals surface area contributed by atoms with Crippen molar-refractivity contribution in [2.45, 2.75) is 13.8 Å². The number of fused-ring (bicyclic) bond motifs is 1. The van der Waals surface area contributed by atoms with E-state index in [0.29, 0.717) is 22.2 Å². The number of carbonyl (C=O) groups is 1. The largest absolute Gasteiger partial charge is 0.508 e. The highest BCUT2D eigenvalue weighted by molar-refractivity contribution is 6.12. The number of primary amides is 1. The zero-order valence-electron chi connectivity index (χ0n) is 12.2. The van der Waals surface area contributed by atoms with Gasteiger partial charge in [0.25, 0.3) is 5.91 Å². The Hall–Kier alpha value is -3.02. The molecule has 5 N–H and O–H groups in total. The maximum Gasteiger partial charge on any atom is 0.253 e. The average molecular weight is 297 g/mol. The minimum atomic E-state index is -0.672. The first-order chi connectivity index (χ1) is 10.4. The predicted octanol–water partition coefficient (Wildman–Crippen LogP) is 2.50. The van der Waals surface area contributed by atoms with Crippen molar-refractivity contribution in [2.75, 3.05) is 5.73 Å². The van der Waals surface area contributed by atoms with Crippen LogP contribution in [0.5, 0.6) is 5.75 Å². The van der Waals surface area contributed by atoms with E-state index in [2.05, 4.69) is 4.98 Å². The molecule has 3 aromatic rings. The normalized spacial score (nSPS) is 11.0. The van der Waals surface area contributed by atoms with Gasteiger partial charge in [-0.2, -0.15) is 0 Å². The molecule has 0 atom stereocenters. The lowest BCUT2D eigenvalue weighted by molar-refractivity contribution is 0.100. The molecule has 0 saturated carbocycles. The molecule has 112 valence electrons. The van der Waals surface area contributed by atoms with E-state index in [9.17, 15) is 9.90 Å². The number of aromatic hydroxyl groups is 1. The fourth-order valence-electron chi connectivity index (χ4n) is 2.72. The Morgan fingerprint density at radius 1 is 1.32 bits per heavy atom. The highest BCUT2D eigenvalue weighted by Gasteiger charge is 2.21. The fraction of sp³-hybridized carbons (Fsp3) is 0.125. The molecule has 0 aliphatic carbocycles. The third-order valence-electron chi connectivity index (χ3n) is 3.83. The van der Waals surface area contributed by atoms with E-state index in [1.165, 1.54) is 6.39 Å². The highest BCUT2D eigenvalue weighted by Crippen LogP contribution is 2.39. The quantitative estimate of drug-likeness (QED) is 0.628. The fourth-order valence-corrected chi connectivity index (χ4v) is 2.72. The summed E-state index contributed by atoms with van der Waals surface area (Å²) in [6, 6.07) is 5.11. The summed E-state index contributed by atoms with van der Waals surface area (Å²) in [6.07, 6.45) is 1.24. The van der Waals surface area contributed by atoms with Crippen LogP contribution in [-0.2, 0) is 0 Å². The predicted molar refractivity (Wildman–Crippen MR) is 83.5 cm³/mol. The van der Waals surface area contributed by atoms with Crippen LogP contribution >= 0.6 is 0 Å². The number of carbonyl (C=O) groups excluding carboxylic acids is 1. The Kier molecular flexibility index (Phi) is 3.02. The van der Waals surface area contributed by atoms with Gasteiger partial charge in [0.15, 0.2) is 12.0 Å². The molecule has 1 heterocycles. The third kappa shape index (κ3) is 1.88. The minimum Gasteiger partial charge on any atom is -0.508 e. The van der Waals surface area contributed by atoms with Crippen LogP contribution in [-0.4, -0.2) is 16.0 Å². The first-order valence-electron chi connectivity index (χ1n) is 6.66. The molecular weight excluding hydrogens is 282 g/mol. The Labute approximate surface area is 126 Å². The SMILES string of the molecule is Cc1ccc(O)c(C)c1-c1cc2ocnc2c(C(N)=O)c1N. The van der Waals surface area contributed by atoms with E-state index in [-0.39, 0.29) is 17.0 Å². The maximum atomic E-state index is 11.8. The van der Waals surface area contributed by atoms with Gasteiger partial charge in [0, 0.05) is 5.56 Å². The lowest BCUT2D eigenvalue weighted by atomic mass is 9.91. The number of phenolic OH excluding ortho intramolecular Hbond substituents is 1.